The Hall–Kier alpha value is -2.90. The number of hydrazine groups is 1. The third-order valence-corrected chi connectivity index (χ3v) is 5.14. The van der Waals surface area contributed by atoms with Gasteiger partial charge in [0.1, 0.15) is 0 Å². The SMILES string of the molecule is Cc1nc2ccc(C(=O)NC3NNC(c4ccncc4)C3C)cc2nc1C. The summed E-state index contributed by atoms with van der Waals surface area (Å²) in [5, 5.41) is 3.06. The fraction of sp³-hybridized carbons (Fsp3) is 0.300. The molecule has 7 heteroatoms. The van der Waals surface area contributed by atoms with E-state index in [0.29, 0.717) is 5.56 Å². The molecule has 138 valence electrons. The van der Waals surface area contributed by atoms with Gasteiger partial charge in [-0.05, 0) is 49.7 Å². The normalized spacial score (nSPS) is 22.1. The number of nitrogens with one attached hydrogen (secondary N) is 3. The van der Waals surface area contributed by atoms with Gasteiger partial charge in [-0.1, -0.05) is 6.92 Å². The zero-order valence-electron chi connectivity index (χ0n) is 15.5. The number of nitrogens with zero attached hydrogens (tertiary/aromatic N) is 3. The summed E-state index contributed by atoms with van der Waals surface area (Å²) in [6, 6.07) is 9.48. The third-order valence-electron chi connectivity index (χ3n) is 5.14. The molecule has 0 spiro atoms. The Morgan fingerprint density at radius 1 is 1.00 bits per heavy atom. The second-order valence-corrected chi connectivity index (χ2v) is 6.96. The van der Waals surface area contributed by atoms with E-state index in [9.17, 15) is 4.79 Å². The van der Waals surface area contributed by atoms with E-state index < -0.39 is 0 Å². The molecule has 0 aliphatic carbocycles. The van der Waals surface area contributed by atoms with E-state index in [1.807, 2.05) is 32.0 Å². The highest BCUT2D eigenvalue weighted by atomic mass is 16.1. The lowest BCUT2D eigenvalue weighted by atomic mass is 9.95. The molecule has 7 nitrogen and oxygen atoms in total. The molecule has 2 aromatic heterocycles. The van der Waals surface area contributed by atoms with Gasteiger partial charge in [0.2, 0.25) is 0 Å². The zero-order chi connectivity index (χ0) is 19.0. The van der Waals surface area contributed by atoms with Crippen LogP contribution in [0.3, 0.4) is 0 Å². The first kappa shape index (κ1) is 17.5. The molecule has 3 unspecified atom stereocenters. The fourth-order valence-corrected chi connectivity index (χ4v) is 3.36. The van der Waals surface area contributed by atoms with E-state index in [-0.39, 0.29) is 24.0 Å². The van der Waals surface area contributed by atoms with Gasteiger partial charge in [0.05, 0.1) is 34.6 Å². The topological polar surface area (TPSA) is 91.8 Å². The molecule has 27 heavy (non-hydrogen) atoms. The van der Waals surface area contributed by atoms with Gasteiger partial charge in [0.25, 0.3) is 5.91 Å². The van der Waals surface area contributed by atoms with Gasteiger partial charge in [0, 0.05) is 23.9 Å². The minimum absolute atomic E-state index is 0.103. The molecule has 3 atom stereocenters. The number of carbonyl (C=O) groups is 1. The van der Waals surface area contributed by atoms with Crippen molar-refractivity contribution in [3.8, 4) is 0 Å². The molecular weight excluding hydrogens is 340 g/mol. The van der Waals surface area contributed by atoms with Crippen molar-refractivity contribution in [2.75, 3.05) is 0 Å². The van der Waals surface area contributed by atoms with Gasteiger partial charge >= 0.3 is 0 Å². The summed E-state index contributed by atoms with van der Waals surface area (Å²) in [7, 11) is 0. The zero-order valence-corrected chi connectivity index (χ0v) is 15.5. The van der Waals surface area contributed by atoms with Crippen molar-refractivity contribution in [3.63, 3.8) is 0 Å². The van der Waals surface area contributed by atoms with Crippen LogP contribution in [-0.4, -0.2) is 27.0 Å². The van der Waals surface area contributed by atoms with Crippen LogP contribution in [0, 0.1) is 19.8 Å². The number of hydrogen-bond acceptors (Lipinski definition) is 6. The third kappa shape index (κ3) is 3.39. The quantitative estimate of drug-likeness (QED) is 0.661. The van der Waals surface area contributed by atoms with Crippen LogP contribution in [0.5, 0.6) is 0 Å². The maximum absolute atomic E-state index is 12.7. The average molecular weight is 362 g/mol. The molecule has 1 saturated heterocycles. The minimum atomic E-state index is -0.183. The summed E-state index contributed by atoms with van der Waals surface area (Å²) < 4.78 is 0. The van der Waals surface area contributed by atoms with Crippen LogP contribution >= 0.6 is 0 Å². The molecule has 3 N–H and O–H groups in total. The molecule has 1 aliphatic heterocycles. The van der Waals surface area contributed by atoms with Crippen molar-refractivity contribution >= 4 is 16.9 Å². The molecule has 1 amide bonds. The second-order valence-electron chi connectivity index (χ2n) is 6.96. The summed E-state index contributed by atoms with van der Waals surface area (Å²) in [6.45, 7) is 5.95. The highest BCUT2D eigenvalue weighted by Crippen LogP contribution is 2.27. The number of rotatable bonds is 3. The highest BCUT2D eigenvalue weighted by Gasteiger charge is 2.34. The Balaban J connectivity index is 1.51. The first-order valence-corrected chi connectivity index (χ1v) is 9.00. The molecule has 3 heterocycles. The van der Waals surface area contributed by atoms with Crippen molar-refractivity contribution in [2.24, 2.45) is 5.92 Å². The van der Waals surface area contributed by atoms with Crippen LogP contribution in [0.15, 0.2) is 42.7 Å². The number of hydrogen-bond donors (Lipinski definition) is 3. The van der Waals surface area contributed by atoms with Crippen molar-refractivity contribution in [1.82, 2.24) is 31.1 Å². The monoisotopic (exact) mass is 362 g/mol. The lowest BCUT2D eigenvalue weighted by Crippen LogP contribution is -2.46. The summed E-state index contributed by atoms with van der Waals surface area (Å²) in [6.07, 6.45) is 3.36. The first-order valence-electron chi connectivity index (χ1n) is 9.00. The van der Waals surface area contributed by atoms with Gasteiger partial charge in [-0.15, -0.1) is 0 Å². The number of aryl methyl sites for hydroxylation is 2. The van der Waals surface area contributed by atoms with E-state index >= 15 is 0 Å². The van der Waals surface area contributed by atoms with Crippen molar-refractivity contribution in [2.45, 2.75) is 33.0 Å². The molecule has 0 saturated carbocycles. The second kappa shape index (κ2) is 7.02. The number of carbonyl (C=O) groups excluding carboxylic acids is 1. The molecule has 1 fully saturated rings. The number of pyridine rings is 1. The fourth-order valence-electron chi connectivity index (χ4n) is 3.36. The van der Waals surface area contributed by atoms with Crippen molar-refractivity contribution < 1.29 is 4.79 Å². The van der Waals surface area contributed by atoms with Crippen molar-refractivity contribution in [1.29, 1.82) is 0 Å². The Bertz CT molecular complexity index is 990. The molecule has 0 radical (unpaired) electrons. The van der Waals surface area contributed by atoms with E-state index in [2.05, 4.69) is 38.0 Å². The molecule has 3 aromatic rings. The molecule has 4 rings (SSSR count). The van der Waals surface area contributed by atoms with Crippen LogP contribution in [0.2, 0.25) is 0 Å². The Morgan fingerprint density at radius 3 is 2.44 bits per heavy atom. The summed E-state index contributed by atoms with van der Waals surface area (Å²) in [4.78, 5) is 25.9. The van der Waals surface area contributed by atoms with Crippen LogP contribution in [0.4, 0.5) is 0 Å². The van der Waals surface area contributed by atoms with Gasteiger partial charge in [0.15, 0.2) is 0 Å². The van der Waals surface area contributed by atoms with Crippen LogP contribution in [-0.2, 0) is 0 Å². The summed E-state index contributed by atoms with van der Waals surface area (Å²) in [5.41, 5.74) is 11.4. The Labute approximate surface area is 157 Å². The van der Waals surface area contributed by atoms with E-state index in [1.165, 1.54) is 0 Å². The molecule has 1 aromatic carbocycles. The standard InChI is InChI=1S/C20H22N6O/c1-11-18(14-6-8-21-9-7-14)25-26-19(11)24-20(27)15-4-5-16-17(10-15)23-13(3)12(2)22-16/h4-11,18-19,25-26H,1-3H3,(H,24,27). The largest absolute Gasteiger partial charge is 0.335 e. The van der Waals surface area contributed by atoms with Gasteiger partial charge < -0.3 is 5.32 Å². The van der Waals surface area contributed by atoms with E-state index in [4.69, 9.17) is 0 Å². The summed E-state index contributed by atoms with van der Waals surface area (Å²) >= 11 is 0. The van der Waals surface area contributed by atoms with Crippen molar-refractivity contribution in [3.05, 3.63) is 65.2 Å². The number of aromatic nitrogens is 3. The Morgan fingerprint density at radius 2 is 1.70 bits per heavy atom. The predicted molar refractivity (Wildman–Crippen MR) is 103 cm³/mol. The Kier molecular flexibility index (Phi) is 4.55. The smallest absolute Gasteiger partial charge is 0.252 e. The van der Waals surface area contributed by atoms with E-state index in [1.54, 1.807) is 24.5 Å². The number of benzene rings is 1. The number of amides is 1. The maximum Gasteiger partial charge on any atom is 0.252 e. The first-order chi connectivity index (χ1) is 13.0. The van der Waals surface area contributed by atoms with Gasteiger partial charge in [-0.3, -0.25) is 9.78 Å². The predicted octanol–water partition coefficient (Wildman–Crippen LogP) is 2.18. The lowest BCUT2D eigenvalue weighted by molar-refractivity contribution is 0.0923. The molecular formula is C20H22N6O. The maximum atomic E-state index is 12.7. The van der Waals surface area contributed by atoms with E-state index in [0.717, 1.165) is 28.0 Å². The highest BCUT2D eigenvalue weighted by molar-refractivity contribution is 5.97. The van der Waals surface area contributed by atoms with Crippen LogP contribution < -0.4 is 16.2 Å². The molecule has 0 bridgehead atoms. The van der Waals surface area contributed by atoms with Gasteiger partial charge in [-0.25, -0.2) is 20.8 Å². The molecule has 1 aliphatic rings. The lowest BCUT2D eigenvalue weighted by Gasteiger charge is -2.20. The van der Waals surface area contributed by atoms with Crippen LogP contribution in [0.1, 0.15) is 40.3 Å². The number of fused-ring (bicyclic) bond motifs is 1. The van der Waals surface area contributed by atoms with Gasteiger partial charge in [-0.2, -0.15) is 0 Å². The average Bonchev–Trinajstić information content (AvgIpc) is 3.03. The summed E-state index contributed by atoms with van der Waals surface area (Å²) in [5.74, 6) is 0.0277. The minimum Gasteiger partial charge on any atom is -0.335 e. The van der Waals surface area contributed by atoms with Crippen LogP contribution in [0.25, 0.3) is 11.0 Å².